The summed E-state index contributed by atoms with van der Waals surface area (Å²) in [6.07, 6.45) is 1.75. The van der Waals surface area contributed by atoms with Crippen LogP contribution in [0.25, 0.3) is 0 Å². The normalized spacial score (nSPS) is 10.3. The Balaban J connectivity index is 1.96. The minimum Gasteiger partial charge on any atom is -0.489 e. The van der Waals surface area contributed by atoms with Crippen molar-refractivity contribution in [1.82, 2.24) is 4.98 Å². The second-order valence-electron chi connectivity index (χ2n) is 4.28. The molecule has 100 valence electrons. The molecular formula is C15H17FN2O. The van der Waals surface area contributed by atoms with E-state index >= 15 is 0 Å². The zero-order chi connectivity index (χ0) is 13.7. The molecule has 0 amide bonds. The van der Waals surface area contributed by atoms with Crippen molar-refractivity contribution in [1.29, 1.82) is 0 Å². The lowest BCUT2D eigenvalue weighted by Gasteiger charge is -2.08. The molecule has 3 nitrogen and oxygen atoms in total. The molecule has 1 aromatic carbocycles. The Labute approximate surface area is 112 Å². The van der Waals surface area contributed by atoms with Crippen LogP contribution in [0.3, 0.4) is 0 Å². The number of hydrogen-bond acceptors (Lipinski definition) is 3. The van der Waals surface area contributed by atoms with Crippen LogP contribution in [-0.4, -0.2) is 11.5 Å². The zero-order valence-electron chi connectivity index (χ0n) is 11.1. The van der Waals surface area contributed by atoms with Gasteiger partial charge in [-0.15, -0.1) is 0 Å². The van der Waals surface area contributed by atoms with E-state index in [1.54, 1.807) is 25.3 Å². The molecule has 0 unspecified atom stereocenters. The fourth-order valence-corrected chi connectivity index (χ4v) is 1.63. The van der Waals surface area contributed by atoms with E-state index in [0.717, 1.165) is 17.9 Å². The van der Waals surface area contributed by atoms with E-state index in [1.807, 2.05) is 19.1 Å². The molecular weight excluding hydrogens is 243 g/mol. The average molecular weight is 260 g/mol. The molecule has 0 radical (unpaired) electrons. The van der Waals surface area contributed by atoms with Gasteiger partial charge in [0.15, 0.2) is 0 Å². The Morgan fingerprint density at radius 1 is 1.26 bits per heavy atom. The predicted octanol–water partition coefficient (Wildman–Crippen LogP) is 3.54. The number of ether oxygens (including phenoxy) is 1. The number of nitrogens with zero attached hydrogens (tertiary/aromatic N) is 1. The minimum absolute atomic E-state index is 0.252. The Morgan fingerprint density at radius 3 is 2.74 bits per heavy atom. The van der Waals surface area contributed by atoms with Crippen LogP contribution < -0.4 is 10.1 Å². The van der Waals surface area contributed by atoms with Crippen LogP contribution in [0.2, 0.25) is 0 Å². The van der Waals surface area contributed by atoms with Gasteiger partial charge in [-0.25, -0.2) is 9.37 Å². The van der Waals surface area contributed by atoms with Gasteiger partial charge in [0.05, 0.1) is 0 Å². The molecule has 0 bridgehead atoms. The molecule has 0 saturated heterocycles. The Kier molecular flexibility index (Phi) is 4.34. The molecule has 2 aromatic rings. The highest BCUT2D eigenvalue weighted by molar-refractivity contribution is 5.35. The van der Waals surface area contributed by atoms with Crippen molar-refractivity contribution in [2.75, 3.05) is 11.9 Å². The lowest BCUT2D eigenvalue weighted by Crippen LogP contribution is -2.01. The topological polar surface area (TPSA) is 34.1 Å². The Hall–Kier alpha value is -2.10. The number of hydrogen-bond donors (Lipinski definition) is 1. The third-order valence-corrected chi connectivity index (χ3v) is 2.73. The molecule has 19 heavy (non-hydrogen) atoms. The van der Waals surface area contributed by atoms with Gasteiger partial charge >= 0.3 is 0 Å². The van der Waals surface area contributed by atoms with E-state index in [4.69, 9.17) is 4.74 Å². The predicted molar refractivity (Wildman–Crippen MR) is 73.9 cm³/mol. The van der Waals surface area contributed by atoms with Crippen molar-refractivity contribution < 1.29 is 9.13 Å². The quantitative estimate of drug-likeness (QED) is 0.892. The third-order valence-electron chi connectivity index (χ3n) is 2.73. The van der Waals surface area contributed by atoms with Gasteiger partial charge in [-0.2, -0.15) is 0 Å². The monoisotopic (exact) mass is 260 g/mol. The van der Waals surface area contributed by atoms with E-state index in [0.29, 0.717) is 17.9 Å². The van der Waals surface area contributed by atoms with Crippen LogP contribution in [0.15, 0.2) is 36.5 Å². The summed E-state index contributed by atoms with van der Waals surface area (Å²) in [4.78, 5) is 4.25. The minimum atomic E-state index is -0.252. The SMILES string of the molecule is CCNc1ccc(COc2ccc(C)c(F)c2)cn1. The molecule has 1 aromatic heterocycles. The third kappa shape index (κ3) is 3.68. The van der Waals surface area contributed by atoms with Crippen LogP contribution >= 0.6 is 0 Å². The molecule has 1 heterocycles. The summed E-state index contributed by atoms with van der Waals surface area (Å²) in [6.45, 7) is 4.96. The molecule has 0 aliphatic heterocycles. The fourth-order valence-electron chi connectivity index (χ4n) is 1.63. The number of nitrogens with one attached hydrogen (secondary N) is 1. The van der Waals surface area contributed by atoms with Gasteiger partial charge < -0.3 is 10.1 Å². The molecule has 0 atom stereocenters. The number of benzene rings is 1. The Morgan fingerprint density at radius 2 is 2.11 bits per heavy atom. The Bertz CT molecular complexity index is 540. The lowest BCUT2D eigenvalue weighted by molar-refractivity contribution is 0.304. The number of aromatic nitrogens is 1. The second-order valence-corrected chi connectivity index (χ2v) is 4.28. The molecule has 0 spiro atoms. The second kappa shape index (κ2) is 6.18. The van der Waals surface area contributed by atoms with Crippen LogP contribution in [0.1, 0.15) is 18.1 Å². The van der Waals surface area contributed by atoms with E-state index in [1.165, 1.54) is 6.07 Å². The van der Waals surface area contributed by atoms with E-state index in [2.05, 4.69) is 10.3 Å². The highest BCUT2D eigenvalue weighted by atomic mass is 19.1. The van der Waals surface area contributed by atoms with Crippen molar-refractivity contribution in [3.8, 4) is 5.75 Å². The summed E-state index contributed by atoms with van der Waals surface area (Å²) in [5, 5.41) is 3.12. The maximum atomic E-state index is 13.3. The van der Waals surface area contributed by atoms with Crippen molar-refractivity contribution in [2.45, 2.75) is 20.5 Å². The molecule has 4 heteroatoms. The summed E-state index contributed by atoms with van der Waals surface area (Å²) in [5.41, 5.74) is 1.56. The first-order valence-corrected chi connectivity index (χ1v) is 6.27. The maximum absolute atomic E-state index is 13.3. The standard InChI is InChI=1S/C15H17FN2O/c1-3-17-15-7-5-12(9-18-15)10-19-13-6-4-11(2)14(16)8-13/h4-9H,3,10H2,1-2H3,(H,17,18). The smallest absolute Gasteiger partial charge is 0.129 e. The van der Waals surface area contributed by atoms with Gasteiger partial charge in [0, 0.05) is 24.4 Å². The highest BCUT2D eigenvalue weighted by Gasteiger charge is 2.01. The van der Waals surface area contributed by atoms with Crippen molar-refractivity contribution in [3.05, 3.63) is 53.5 Å². The number of aryl methyl sites for hydroxylation is 1. The number of rotatable bonds is 5. The molecule has 0 aliphatic rings. The van der Waals surface area contributed by atoms with E-state index in [9.17, 15) is 4.39 Å². The molecule has 0 fully saturated rings. The lowest BCUT2D eigenvalue weighted by atomic mass is 10.2. The molecule has 1 N–H and O–H groups in total. The maximum Gasteiger partial charge on any atom is 0.129 e. The van der Waals surface area contributed by atoms with Gasteiger partial charge in [0.2, 0.25) is 0 Å². The molecule has 0 aliphatic carbocycles. The molecule has 0 saturated carbocycles. The van der Waals surface area contributed by atoms with Gasteiger partial charge in [0.1, 0.15) is 24.0 Å². The highest BCUT2D eigenvalue weighted by Crippen LogP contribution is 2.17. The van der Waals surface area contributed by atoms with Gasteiger partial charge in [0.25, 0.3) is 0 Å². The van der Waals surface area contributed by atoms with E-state index in [-0.39, 0.29) is 5.82 Å². The van der Waals surface area contributed by atoms with Crippen LogP contribution in [0, 0.1) is 12.7 Å². The first-order chi connectivity index (χ1) is 9.19. The van der Waals surface area contributed by atoms with Crippen molar-refractivity contribution >= 4 is 5.82 Å². The number of pyridine rings is 1. The zero-order valence-corrected chi connectivity index (χ0v) is 11.1. The summed E-state index contributed by atoms with van der Waals surface area (Å²) >= 11 is 0. The van der Waals surface area contributed by atoms with Gasteiger partial charge in [-0.05, 0) is 31.5 Å². The largest absolute Gasteiger partial charge is 0.489 e. The van der Waals surface area contributed by atoms with Gasteiger partial charge in [-0.3, -0.25) is 0 Å². The van der Waals surface area contributed by atoms with E-state index < -0.39 is 0 Å². The van der Waals surface area contributed by atoms with Crippen LogP contribution in [0.4, 0.5) is 10.2 Å². The average Bonchev–Trinajstić information content (AvgIpc) is 2.42. The first kappa shape index (κ1) is 13.3. The van der Waals surface area contributed by atoms with Crippen LogP contribution in [-0.2, 0) is 6.61 Å². The fraction of sp³-hybridized carbons (Fsp3) is 0.267. The summed E-state index contributed by atoms with van der Waals surface area (Å²) in [6, 6.07) is 8.71. The molecule has 2 rings (SSSR count). The van der Waals surface area contributed by atoms with Crippen molar-refractivity contribution in [2.24, 2.45) is 0 Å². The van der Waals surface area contributed by atoms with Crippen molar-refractivity contribution in [3.63, 3.8) is 0 Å². The summed E-state index contributed by atoms with van der Waals surface area (Å²) in [7, 11) is 0. The number of halogens is 1. The van der Waals surface area contributed by atoms with Crippen LogP contribution in [0.5, 0.6) is 5.75 Å². The first-order valence-electron chi connectivity index (χ1n) is 6.27. The van der Waals surface area contributed by atoms with Gasteiger partial charge in [-0.1, -0.05) is 12.1 Å². The summed E-state index contributed by atoms with van der Waals surface area (Å²) < 4.78 is 18.9. The number of anilines is 1. The summed E-state index contributed by atoms with van der Waals surface area (Å²) in [5.74, 6) is 1.12.